The monoisotopic (exact) mass is 398 g/mol. The van der Waals surface area contributed by atoms with Crippen molar-refractivity contribution in [3.8, 4) is 0 Å². The molecule has 8 heteroatoms. The van der Waals surface area contributed by atoms with Crippen LogP contribution in [0.25, 0.3) is 0 Å². The maximum absolute atomic E-state index is 12.0. The van der Waals surface area contributed by atoms with Crippen molar-refractivity contribution in [1.82, 2.24) is 10.2 Å². The summed E-state index contributed by atoms with van der Waals surface area (Å²) in [4.78, 5) is 36.7. The molecule has 0 aliphatic heterocycles. The van der Waals surface area contributed by atoms with Crippen LogP contribution in [0, 0.1) is 0 Å². The van der Waals surface area contributed by atoms with Gasteiger partial charge in [-0.1, -0.05) is 18.5 Å². The molecule has 0 radical (unpaired) electrons. The van der Waals surface area contributed by atoms with E-state index < -0.39 is 5.97 Å². The Morgan fingerprint density at radius 2 is 1.88 bits per heavy atom. The molecule has 1 aliphatic rings. The normalized spacial score (nSPS) is 19.0. The molecule has 1 aliphatic carbocycles. The maximum Gasteiger partial charge on any atom is 0.317 e. The third kappa shape index (κ3) is 6.30. The molecule has 1 aromatic carbocycles. The molecule has 0 bridgehead atoms. The van der Waals surface area contributed by atoms with Crippen molar-refractivity contribution in [1.29, 1.82) is 0 Å². The Hall–Kier alpha value is -1.57. The zero-order valence-electron chi connectivity index (χ0n) is 14.6. The number of Topliss-reactive ketones (excluding diaryl/α,β-unsaturated/α-hetero) is 1. The lowest BCUT2D eigenvalue weighted by Gasteiger charge is -2.42. The number of carboxylic acid groups (broad SMARTS) is 1. The Labute approximate surface area is 162 Å². The van der Waals surface area contributed by atoms with Crippen molar-refractivity contribution in [2.75, 3.05) is 24.6 Å². The first-order valence-electron chi connectivity index (χ1n) is 8.50. The van der Waals surface area contributed by atoms with E-state index in [1.54, 1.807) is 24.3 Å². The summed E-state index contributed by atoms with van der Waals surface area (Å²) in [6.45, 7) is 2.65. The Morgan fingerprint density at radius 1 is 1.23 bits per heavy atom. The standard InChI is InChI=1S/C18H23ClN2O4S/c1-2-21(9-18(24)25)15-7-14(8-15)20-17(23)11-26-10-16(22)12-3-5-13(19)6-4-12/h3-6,14-15H,2,7-11H2,1H3,(H,20,23)(H,24,25). The summed E-state index contributed by atoms with van der Waals surface area (Å²) in [5, 5.41) is 12.4. The number of likely N-dealkylation sites (N-methyl/N-ethyl adjacent to an activating group) is 1. The highest BCUT2D eigenvalue weighted by Crippen LogP contribution is 2.25. The third-order valence-electron chi connectivity index (χ3n) is 4.37. The van der Waals surface area contributed by atoms with Gasteiger partial charge in [0.2, 0.25) is 5.91 Å². The van der Waals surface area contributed by atoms with Gasteiger partial charge in [0, 0.05) is 22.7 Å². The van der Waals surface area contributed by atoms with Gasteiger partial charge in [-0.3, -0.25) is 19.3 Å². The number of carboxylic acids is 1. The SMILES string of the molecule is CCN(CC(=O)O)C1CC(NC(=O)CSCC(=O)c2ccc(Cl)cc2)C1. The quantitative estimate of drug-likeness (QED) is 0.588. The van der Waals surface area contributed by atoms with Crippen molar-refractivity contribution in [2.45, 2.75) is 31.8 Å². The predicted molar refractivity (Wildman–Crippen MR) is 103 cm³/mol. The number of nitrogens with zero attached hydrogens (tertiary/aromatic N) is 1. The number of carbonyl (C=O) groups excluding carboxylic acids is 2. The second kappa shape index (κ2) is 9.94. The molecule has 26 heavy (non-hydrogen) atoms. The first kappa shape index (κ1) is 20.7. The van der Waals surface area contributed by atoms with Gasteiger partial charge in [0.1, 0.15) is 0 Å². The average molecular weight is 399 g/mol. The molecule has 2 rings (SSSR count). The minimum absolute atomic E-state index is 0.0320. The summed E-state index contributed by atoms with van der Waals surface area (Å²) in [6.07, 6.45) is 1.53. The molecule has 1 saturated carbocycles. The van der Waals surface area contributed by atoms with Gasteiger partial charge in [-0.15, -0.1) is 11.8 Å². The van der Waals surface area contributed by atoms with Crippen LogP contribution in [0.2, 0.25) is 5.02 Å². The van der Waals surface area contributed by atoms with E-state index in [4.69, 9.17) is 16.7 Å². The summed E-state index contributed by atoms with van der Waals surface area (Å²) in [7, 11) is 0. The number of aliphatic carboxylic acids is 1. The van der Waals surface area contributed by atoms with E-state index in [-0.39, 0.29) is 41.8 Å². The fourth-order valence-electron chi connectivity index (χ4n) is 2.90. The minimum atomic E-state index is -0.832. The van der Waals surface area contributed by atoms with Crippen LogP contribution in [0.15, 0.2) is 24.3 Å². The molecule has 0 atom stereocenters. The van der Waals surface area contributed by atoms with E-state index in [2.05, 4.69) is 5.32 Å². The lowest BCUT2D eigenvalue weighted by atomic mass is 9.85. The largest absolute Gasteiger partial charge is 0.480 e. The zero-order valence-corrected chi connectivity index (χ0v) is 16.2. The second-order valence-corrected chi connectivity index (χ2v) is 7.69. The number of hydrogen-bond acceptors (Lipinski definition) is 5. The fraction of sp³-hybridized carbons (Fsp3) is 0.500. The van der Waals surface area contributed by atoms with Crippen LogP contribution < -0.4 is 5.32 Å². The lowest BCUT2D eigenvalue weighted by molar-refractivity contribution is -0.139. The van der Waals surface area contributed by atoms with Gasteiger partial charge >= 0.3 is 5.97 Å². The molecular formula is C18H23ClN2O4S. The number of halogens is 1. The van der Waals surface area contributed by atoms with Crippen molar-refractivity contribution in [3.05, 3.63) is 34.9 Å². The molecule has 0 saturated heterocycles. The van der Waals surface area contributed by atoms with Gasteiger partial charge < -0.3 is 10.4 Å². The van der Waals surface area contributed by atoms with E-state index in [0.29, 0.717) is 17.1 Å². The molecule has 6 nitrogen and oxygen atoms in total. The molecule has 0 spiro atoms. The van der Waals surface area contributed by atoms with E-state index in [1.807, 2.05) is 11.8 Å². The van der Waals surface area contributed by atoms with Gasteiger partial charge in [-0.25, -0.2) is 0 Å². The van der Waals surface area contributed by atoms with Crippen LogP contribution in [-0.2, 0) is 9.59 Å². The van der Waals surface area contributed by atoms with Gasteiger partial charge in [-0.05, 0) is 43.7 Å². The number of thioether (sulfide) groups is 1. The molecule has 142 valence electrons. The van der Waals surface area contributed by atoms with Crippen molar-refractivity contribution in [2.24, 2.45) is 0 Å². The smallest absolute Gasteiger partial charge is 0.317 e. The molecule has 2 N–H and O–H groups in total. The van der Waals surface area contributed by atoms with E-state index in [0.717, 1.165) is 12.8 Å². The fourth-order valence-corrected chi connectivity index (χ4v) is 3.75. The highest BCUT2D eigenvalue weighted by Gasteiger charge is 2.34. The van der Waals surface area contributed by atoms with Crippen LogP contribution >= 0.6 is 23.4 Å². The summed E-state index contributed by atoms with van der Waals surface area (Å²) in [6, 6.07) is 6.99. The number of rotatable bonds is 10. The molecule has 0 heterocycles. The Morgan fingerprint density at radius 3 is 2.46 bits per heavy atom. The topological polar surface area (TPSA) is 86.7 Å². The highest BCUT2D eigenvalue weighted by molar-refractivity contribution is 8.00. The number of amides is 1. The molecule has 0 unspecified atom stereocenters. The van der Waals surface area contributed by atoms with Crippen molar-refractivity contribution in [3.63, 3.8) is 0 Å². The summed E-state index contributed by atoms with van der Waals surface area (Å²) in [5.41, 5.74) is 0.585. The molecule has 1 fully saturated rings. The van der Waals surface area contributed by atoms with Crippen LogP contribution in [0.4, 0.5) is 0 Å². The van der Waals surface area contributed by atoms with Gasteiger partial charge in [0.05, 0.1) is 18.1 Å². The Kier molecular flexibility index (Phi) is 7.93. The maximum atomic E-state index is 12.0. The predicted octanol–water partition coefficient (Wildman–Crippen LogP) is 2.31. The Bertz CT molecular complexity index is 647. The lowest BCUT2D eigenvalue weighted by Crippen LogP contribution is -2.55. The number of nitrogens with one attached hydrogen (secondary N) is 1. The average Bonchev–Trinajstić information content (AvgIpc) is 2.56. The number of benzene rings is 1. The first-order chi connectivity index (χ1) is 12.4. The number of carbonyl (C=O) groups is 3. The number of hydrogen-bond donors (Lipinski definition) is 2. The van der Waals surface area contributed by atoms with Crippen LogP contribution in [0.1, 0.15) is 30.1 Å². The van der Waals surface area contributed by atoms with Gasteiger partial charge in [0.25, 0.3) is 0 Å². The molecule has 1 aromatic rings. The number of ketones is 1. The van der Waals surface area contributed by atoms with Crippen molar-refractivity contribution < 1.29 is 19.5 Å². The molecule has 1 amide bonds. The van der Waals surface area contributed by atoms with Crippen molar-refractivity contribution >= 4 is 41.0 Å². The summed E-state index contributed by atoms with van der Waals surface area (Å²) >= 11 is 7.07. The highest BCUT2D eigenvalue weighted by atomic mass is 35.5. The van der Waals surface area contributed by atoms with Crippen LogP contribution in [0.5, 0.6) is 0 Å². The summed E-state index contributed by atoms with van der Waals surface area (Å²) < 4.78 is 0. The van der Waals surface area contributed by atoms with E-state index >= 15 is 0 Å². The molecule has 0 aromatic heterocycles. The first-order valence-corrected chi connectivity index (χ1v) is 10.0. The Balaban J connectivity index is 1.63. The van der Waals surface area contributed by atoms with Crippen LogP contribution in [0.3, 0.4) is 0 Å². The van der Waals surface area contributed by atoms with Gasteiger partial charge in [0.15, 0.2) is 5.78 Å². The third-order valence-corrected chi connectivity index (χ3v) is 5.56. The van der Waals surface area contributed by atoms with E-state index in [9.17, 15) is 14.4 Å². The van der Waals surface area contributed by atoms with Gasteiger partial charge in [-0.2, -0.15) is 0 Å². The molecular weight excluding hydrogens is 376 g/mol. The van der Waals surface area contributed by atoms with Crippen LogP contribution in [-0.4, -0.2) is 64.3 Å². The summed E-state index contributed by atoms with van der Waals surface area (Å²) in [5.74, 6) is -0.488. The van der Waals surface area contributed by atoms with E-state index in [1.165, 1.54) is 11.8 Å². The zero-order chi connectivity index (χ0) is 19.1. The minimum Gasteiger partial charge on any atom is -0.480 e. The second-order valence-electron chi connectivity index (χ2n) is 6.27.